The molecule has 0 saturated carbocycles. The first-order valence-corrected chi connectivity index (χ1v) is 5.62. The van der Waals surface area contributed by atoms with Crippen LogP contribution in [-0.4, -0.2) is 31.2 Å². The van der Waals surface area contributed by atoms with Crippen LogP contribution in [0.3, 0.4) is 0 Å². The molecule has 1 atom stereocenters. The Kier molecular flexibility index (Phi) is 3.37. The molecule has 4 heteroatoms. The van der Waals surface area contributed by atoms with Crippen LogP contribution in [0.25, 0.3) is 0 Å². The van der Waals surface area contributed by atoms with Gasteiger partial charge < -0.3 is 10.2 Å². The highest BCUT2D eigenvalue weighted by Crippen LogP contribution is 2.18. The highest BCUT2D eigenvalue weighted by molar-refractivity contribution is 5.46. The van der Waals surface area contributed by atoms with E-state index in [-0.39, 0.29) is 0 Å². The minimum absolute atomic E-state index is 0.478. The summed E-state index contributed by atoms with van der Waals surface area (Å²) in [7, 11) is 2.01. The lowest BCUT2D eigenvalue weighted by atomic mass is 10.1. The van der Waals surface area contributed by atoms with E-state index in [9.17, 15) is 0 Å². The van der Waals surface area contributed by atoms with Crippen molar-refractivity contribution in [3.8, 4) is 6.07 Å². The summed E-state index contributed by atoms with van der Waals surface area (Å²) in [6, 6.07) is 6.35. The van der Waals surface area contributed by atoms with Crippen molar-refractivity contribution < 1.29 is 0 Å². The minimum atomic E-state index is 0.478. The van der Waals surface area contributed by atoms with Crippen LogP contribution in [0.15, 0.2) is 18.3 Å². The normalized spacial score (nSPS) is 20.5. The Morgan fingerprint density at radius 2 is 2.44 bits per heavy atom. The average molecular weight is 216 g/mol. The lowest BCUT2D eigenvalue weighted by molar-refractivity contribution is 0.449. The molecule has 0 radical (unpaired) electrons. The standard InChI is InChI=1S/C12H16N4/c1-14-11-3-2-6-16(9-11)12-5-4-10(7-13)15-8-12/h4-5,8,11,14H,2-3,6,9H2,1H3. The van der Waals surface area contributed by atoms with Crippen molar-refractivity contribution in [3.63, 3.8) is 0 Å². The molecule has 1 aromatic rings. The van der Waals surface area contributed by atoms with Crippen molar-refractivity contribution in [3.05, 3.63) is 24.0 Å². The molecule has 1 N–H and O–H groups in total. The van der Waals surface area contributed by atoms with Crippen LogP contribution < -0.4 is 10.2 Å². The molecule has 0 aliphatic carbocycles. The molecule has 0 amide bonds. The number of aromatic nitrogens is 1. The summed E-state index contributed by atoms with van der Waals surface area (Å²) in [5, 5.41) is 12.0. The van der Waals surface area contributed by atoms with Crippen molar-refractivity contribution in [1.82, 2.24) is 10.3 Å². The maximum absolute atomic E-state index is 8.68. The van der Waals surface area contributed by atoms with Gasteiger partial charge in [0.05, 0.1) is 11.9 Å². The van der Waals surface area contributed by atoms with Crippen LogP contribution in [-0.2, 0) is 0 Å². The van der Waals surface area contributed by atoms with Crippen LogP contribution in [0.2, 0.25) is 0 Å². The van der Waals surface area contributed by atoms with E-state index < -0.39 is 0 Å². The molecule has 0 spiro atoms. The molecular formula is C12H16N4. The van der Waals surface area contributed by atoms with E-state index in [0.29, 0.717) is 11.7 Å². The Morgan fingerprint density at radius 1 is 1.56 bits per heavy atom. The largest absolute Gasteiger partial charge is 0.369 e. The second-order valence-electron chi connectivity index (χ2n) is 4.09. The topological polar surface area (TPSA) is 52.0 Å². The summed E-state index contributed by atoms with van der Waals surface area (Å²) in [6.07, 6.45) is 4.22. The van der Waals surface area contributed by atoms with E-state index in [2.05, 4.69) is 15.2 Å². The van der Waals surface area contributed by atoms with Crippen molar-refractivity contribution in [1.29, 1.82) is 5.26 Å². The summed E-state index contributed by atoms with van der Waals surface area (Å²) in [6.45, 7) is 2.09. The first kappa shape index (κ1) is 10.9. The van der Waals surface area contributed by atoms with Gasteiger partial charge in [-0.1, -0.05) is 0 Å². The third-order valence-electron chi connectivity index (χ3n) is 3.06. The van der Waals surface area contributed by atoms with Gasteiger partial charge >= 0.3 is 0 Å². The molecule has 2 rings (SSSR count). The number of piperidine rings is 1. The fourth-order valence-electron chi connectivity index (χ4n) is 2.09. The van der Waals surface area contributed by atoms with E-state index in [0.717, 1.165) is 18.8 Å². The van der Waals surface area contributed by atoms with Gasteiger partial charge in [0.2, 0.25) is 0 Å². The van der Waals surface area contributed by atoms with E-state index in [4.69, 9.17) is 5.26 Å². The van der Waals surface area contributed by atoms with Gasteiger partial charge in [0.25, 0.3) is 0 Å². The zero-order chi connectivity index (χ0) is 11.4. The van der Waals surface area contributed by atoms with Gasteiger partial charge in [-0.25, -0.2) is 4.98 Å². The number of rotatable bonds is 2. The molecular weight excluding hydrogens is 200 g/mol. The maximum atomic E-state index is 8.68. The molecule has 0 aromatic carbocycles. The Hall–Kier alpha value is -1.60. The molecule has 84 valence electrons. The maximum Gasteiger partial charge on any atom is 0.140 e. The predicted molar refractivity (Wildman–Crippen MR) is 63.2 cm³/mol. The van der Waals surface area contributed by atoms with Crippen LogP contribution >= 0.6 is 0 Å². The molecule has 1 aromatic heterocycles. The fraction of sp³-hybridized carbons (Fsp3) is 0.500. The molecule has 0 bridgehead atoms. The van der Waals surface area contributed by atoms with Crippen LogP contribution in [0.4, 0.5) is 5.69 Å². The SMILES string of the molecule is CNC1CCCN(c2ccc(C#N)nc2)C1. The molecule has 2 heterocycles. The third-order valence-corrected chi connectivity index (χ3v) is 3.06. The second-order valence-corrected chi connectivity index (χ2v) is 4.09. The molecule has 1 saturated heterocycles. The fourth-order valence-corrected chi connectivity index (χ4v) is 2.09. The molecule has 1 aliphatic rings. The summed E-state index contributed by atoms with van der Waals surface area (Å²) in [4.78, 5) is 6.42. The van der Waals surface area contributed by atoms with Crippen molar-refractivity contribution in [2.24, 2.45) is 0 Å². The van der Waals surface area contributed by atoms with Crippen molar-refractivity contribution in [2.75, 3.05) is 25.0 Å². The van der Waals surface area contributed by atoms with Crippen LogP contribution in [0.1, 0.15) is 18.5 Å². The second kappa shape index (κ2) is 4.95. The van der Waals surface area contributed by atoms with Gasteiger partial charge in [-0.3, -0.25) is 0 Å². The highest BCUT2D eigenvalue weighted by Gasteiger charge is 2.18. The summed E-state index contributed by atoms with van der Waals surface area (Å²) in [5.74, 6) is 0. The number of nitrogens with zero attached hydrogens (tertiary/aromatic N) is 3. The Morgan fingerprint density at radius 3 is 3.06 bits per heavy atom. The van der Waals surface area contributed by atoms with E-state index >= 15 is 0 Å². The molecule has 1 unspecified atom stereocenters. The number of anilines is 1. The van der Waals surface area contributed by atoms with E-state index in [1.807, 2.05) is 19.2 Å². The summed E-state index contributed by atoms with van der Waals surface area (Å²) < 4.78 is 0. The number of nitrogens with one attached hydrogen (secondary N) is 1. The molecule has 1 fully saturated rings. The molecule has 4 nitrogen and oxygen atoms in total. The highest BCUT2D eigenvalue weighted by atomic mass is 15.2. The number of hydrogen-bond acceptors (Lipinski definition) is 4. The van der Waals surface area contributed by atoms with Crippen molar-refractivity contribution in [2.45, 2.75) is 18.9 Å². The van der Waals surface area contributed by atoms with Gasteiger partial charge in [0.15, 0.2) is 0 Å². The van der Waals surface area contributed by atoms with Gasteiger partial charge in [0.1, 0.15) is 11.8 Å². The average Bonchev–Trinajstić information content (AvgIpc) is 2.39. The Bertz CT molecular complexity index is 379. The lowest BCUT2D eigenvalue weighted by Crippen LogP contribution is -2.44. The van der Waals surface area contributed by atoms with Gasteiger partial charge in [-0.2, -0.15) is 5.26 Å². The number of nitriles is 1. The quantitative estimate of drug-likeness (QED) is 0.805. The Labute approximate surface area is 95.9 Å². The van der Waals surface area contributed by atoms with Crippen LogP contribution in [0, 0.1) is 11.3 Å². The molecule has 1 aliphatic heterocycles. The van der Waals surface area contributed by atoms with E-state index in [1.54, 1.807) is 12.3 Å². The third kappa shape index (κ3) is 2.31. The zero-order valence-electron chi connectivity index (χ0n) is 9.48. The van der Waals surface area contributed by atoms with Gasteiger partial charge in [-0.05, 0) is 32.0 Å². The first-order chi connectivity index (χ1) is 7.83. The Balaban J connectivity index is 2.08. The number of pyridine rings is 1. The minimum Gasteiger partial charge on any atom is -0.369 e. The van der Waals surface area contributed by atoms with Crippen LogP contribution in [0.5, 0.6) is 0 Å². The lowest BCUT2D eigenvalue weighted by Gasteiger charge is -2.34. The summed E-state index contributed by atoms with van der Waals surface area (Å²) >= 11 is 0. The zero-order valence-corrected chi connectivity index (χ0v) is 9.48. The molecule has 16 heavy (non-hydrogen) atoms. The number of hydrogen-bond donors (Lipinski definition) is 1. The van der Waals surface area contributed by atoms with Gasteiger partial charge in [-0.15, -0.1) is 0 Å². The van der Waals surface area contributed by atoms with Gasteiger partial charge in [0, 0.05) is 19.1 Å². The van der Waals surface area contributed by atoms with Crippen molar-refractivity contribution >= 4 is 5.69 Å². The predicted octanol–water partition coefficient (Wildman–Crippen LogP) is 1.14. The van der Waals surface area contributed by atoms with E-state index in [1.165, 1.54) is 12.8 Å². The smallest absolute Gasteiger partial charge is 0.140 e. The first-order valence-electron chi connectivity index (χ1n) is 5.62. The monoisotopic (exact) mass is 216 g/mol. The number of likely N-dealkylation sites (N-methyl/N-ethyl adjacent to an activating group) is 1. The summed E-state index contributed by atoms with van der Waals surface area (Å²) in [5.41, 5.74) is 1.59.